The lowest BCUT2D eigenvalue weighted by Crippen LogP contribution is -2.32. The van der Waals surface area contributed by atoms with E-state index in [1.165, 1.54) is 46.4 Å². The van der Waals surface area contributed by atoms with E-state index in [0.29, 0.717) is 6.42 Å². The first kappa shape index (κ1) is 25.0. The summed E-state index contributed by atoms with van der Waals surface area (Å²) in [5, 5.41) is 0. The molecule has 1 aliphatic heterocycles. The van der Waals surface area contributed by atoms with Gasteiger partial charge >= 0.3 is 0 Å². The molecule has 2 aromatic rings. The molecule has 35 heavy (non-hydrogen) atoms. The van der Waals surface area contributed by atoms with Gasteiger partial charge in [0.1, 0.15) is 0 Å². The Morgan fingerprint density at radius 2 is 1.80 bits per heavy atom. The van der Waals surface area contributed by atoms with Crippen molar-refractivity contribution in [1.82, 2.24) is 0 Å². The first-order valence-electron chi connectivity index (χ1n) is 13.0. The van der Waals surface area contributed by atoms with Gasteiger partial charge in [0.15, 0.2) is 5.78 Å². The quantitative estimate of drug-likeness (QED) is 0.433. The van der Waals surface area contributed by atoms with E-state index in [9.17, 15) is 4.79 Å². The van der Waals surface area contributed by atoms with Crippen LogP contribution in [0.4, 0.5) is 5.69 Å². The second kappa shape index (κ2) is 11.1. The molecule has 1 heterocycles. The number of nitrogens with zero attached hydrogens (tertiary/aromatic N) is 1. The fourth-order valence-corrected chi connectivity index (χ4v) is 5.10. The van der Waals surface area contributed by atoms with Crippen molar-refractivity contribution < 1.29 is 6.22 Å². The zero-order chi connectivity index (χ0) is 24.9. The summed E-state index contributed by atoms with van der Waals surface area (Å²) in [7, 11) is 0. The van der Waals surface area contributed by atoms with Crippen LogP contribution < -0.4 is 4.90 Å². The number of carbonyl (C=O) groups excluding carboxylic acids is 1. The highest BCUT2D eigenvalue weighted by molar-refractivity contribution is 5.97. The molecule has 0 bridgehead atoms. The molecule has 2 nitrogen and oxygen atoms in total. The second-order valence-electron chi connectivity index (χ2n) is 10.6. The van der Waals surface area contributed by atoms with E-state index in [1.54, 1.807) is 6.08 Å². The molecular weight excluding hydrogens is 426 g/mol. The van der Waals surface area contributed by atoms with Crippen LogP contribution in [0.3, 0.4) is 0 Å². The summed E-state index contributed by atoms with van der Waals surface area (Å²) >= 11 is 0. The van der Waals surface area contributed by atoms with Crippen LogP contribution in [0.15, 0.2) is 90.1 Å². The number of ketones is 1. The molecule has 0 spiro atoms. The first-order valence-corrected chi connectivity index (χ1v) is 13.0. The summed E-state index contributed by atoms with van der Waals surface area (Å²) in [5.74, 6) is 0.811. The van der Waals surface area contributed by atoms with Crippen LogP contribution in [0.1, 0.15) is 50.4 Å². The Bertz CT molecular complexity index is 1180. The Morgan fingerprint density at radius 1 is 1.09 bits per heavy atom. The van der Waals surface area contributed by atoms with Gasteiger partial charge in [-0.05, 0) is 98.4 Å². The SMILES string of the molecule is C=C1/C(=C\C=C(/C)Cc2ccc(N3CCC(C)CC3)cc2)C=CC(=O)C1Cc1cc(C)ccc1C.[HH]. The third-order valence-electron chi connectivity index (χ3n) is 7.61. The smallest absolute Gasteiger partial charge is 0.163 e. The Hall–Kier alpha value is -3.13. The number of anilines is 1. The van der Waals surface area contributed by atoms with Gasteiger partial charge in [-0.15, -0.1) is 0 Å². The van der Waals surface area contributed by atoms with Crippen molar-refractivity contribution in [3.63, 3.8) is 0 Å². The lowest BCUT2D eigenvalue weighted by molar-refractivity contribution is -0.117. The number of allylic oxidation sites excluding steroid dienone is 7. The van der Waals surface area contributed by atoms with Crippen LogP contribution in [-0.4, -0.2) is 18.9 Å². The minimum Gasteiger partial charge on any atom is -0.372 e. The highest BCUT2D eigenvalue weighted by atomic mass is 16.1. The predicted molar refractivity (Wildman–Crippen MR) is 151 cm³/mol. The molecule has 1 unspecified atom stereocenters. The Balaban J connectivity index is 0.00000361. The summed E-state index contributed by atoms with van der Waals surface area (Å²) in [5.41, 5.74) is 9.61. The van der Waals surface area contributed by atoms with Gasteiger partial charge in [-0.25, -0.2) is 0 Å². The van der Waals surface area contributed by atoms with Crippen LogP contribution in [0, 0.1) is 25.7 Å². The van der Waals surface area contributed by atoms with Gasteiger partial charge in [0.25, 0.3) is 0 Å². The summed E-state index contributed by atoms with van der Waals surface area (Å²) < 4.78 is 0. The third-order valence-corrected chi connectivity index (χ3v) is 7.61. The molecular formula is C33H41NO. The molecule has 2 heteroatoms. The monoisotopic (exact) mass is 467 g/mol. The second-order valence-corrected chi connectivity index (χ2v) is 10.6. The number of carbonyl (C=O) groups is 1. The fourth-order valence-electron chi connectivity index (χ4n) is 5.10. The van der Waals surface area contributed by atoms with E-state index >= 15 is 0 Å². The molecule has 184 valence electrons. The Labute approximate surface area is 213 Å². The molecule has 2 aliphatic rings. The molecule has 1 atom stereocenters. The van der Waals surface area contributed by atoms with Crippen molar-refractivity contribution in [2.75, 3.05) is 18.0 Å². The summed E-state index contributed by atoms with van der Waals surface area (Å²) in [6.45, 7) is 15.4. The average Bonchev–Trinajstić information content (AvgIpc) is 2.84. The van der Waals surface area contributed by atoms with Crippen molar-refractivity contribution in [3.05, 3.63) is 112 Å². The molecule has 0 N–H and O–H groups in total. The van der Waals surface area contributed by atoms with Gasteiger partial charge in [0.2, 0.25) is 0 Å². The number of aryl methyl sites for hydroxylation is 2. The van der Waals surface area contributed by atoms with Gasteiger partial charge in [0, 0.05) is 20.2 Å². The number of benzene rings is 2. The molecule has 1 aliphatic carbocycles. The minimum absolute atomic E-state index is 0. The van der Waals surface area contributed by atoms with Crippen molar-refractivity contribution in [2.24, 2.45) is 11.8 Å². The summed E-state index contributed by atoms with van der Waals surface area (Å²) in [6, 6.07) is 15.5. The molecule has 0 radical (unpaired) electrons. The van der Waals surface area contributed by atoms with E-state index in [2.05, 4.69) is 93.8 Å². The lowest BCUT2D eigenvalue weighted by Gasteiger charge is -2.32. The lowest BCUT2D eigenvalue weighted by atomic mass is 9.80. The zero-order valence-corrected chi connectivity index (χ0v) is 21.8. The zero-order valence-electron chi connectivity index (χ0n) is 21.8. The van der Waals surface area contributed by atoms with Gasteiger partial charge in [-0.3, -0.25) is 4.79 Å². The maximum atomic E-state index is 12.7. The third kappa shape index (κ3) is 6.31. The normalized spacial score (nSPS) is 20.7. The summed E-state index contributed by atoms with van der Waals surface area (Å²) in [4.78, 5) is 15.2. The average molecular weight is 468 g/mol. The fraction of sp³-hybridized carbons (Fsp3) is 0.364. The van der Waals surface area contributed by atoms with E-state index in [4.69, 9.17) is 0 Å². The van der Waals surface area contributed by atoms with Crippen LogP contribution >= 0.6 is 0 Å². The summed E-state index contributed by atoms with van der Waals surface area (Å²) in [6.07, 6.45) is 12.1. The van der Waals surface area contributed by atoms with E-state index < -0.39 is 0 Å². The molecule has 0 amide bonds. The van der Waals surface area contributed by atoms with Gasteiger partial charge in [0.05, 0.1) is 5.92 Å². The maximum absolute atomic E-state index is 12.7. The number of hydrogen-bond donors (Lipinski definition) is 0. The van der Waals surface area contributed by atoms with Crippen molar-refractivity contribution in [1.29, 1.82) is 0 Å². The van der Waals surface area contributed by atoms with Crippen molar-refractivity contribution in [2.45, 2.75) is 53.4 Å². The molecule has 0 aromatic heterocycles. The number of hydrogen-bond acceptors (Lipinski definition) is 2. The topological polar surface area (TPSA) is 20.3 Å². The van der Waals surface area contributed by atoms with E-state index in [0.717, 1.165) is 36.6 Å². The van der Waals surface area contributed by atoms with Gasteiger partial charge < -0.3 is 4.90 Å². The van der Waals surface area contributed by atoms with Gasteiger partial charge in [-0.1, -0.05) is 73.2 Å². The van der Waals surface area contributed by atoms with E-state index in [-0.39, 0.29) is 13.1 Å². The molecule has 4 rings (SSSR count). The highest BCUT2D eigenvalue weighted by Gasteiger charge is 2.25. The van der Waals surface area contributed by atoms with Crippen LogP contribution in [0.5, 0.6) is 0 Å². The number of piperidine rings is 1. The Kier molecular flexibility index (Phi) is 7.90. The largest absolute Gasteiger partial charge is 0.372 e. The van der Waals surface area contributed by atoms with Crippen molar-refractivity contribution in [3.8, 4) is 0 Å². The van der Waals surface area contributed by atoms with E-state index in [1.807, 2.05) is 6.08 Å². The van der Waals surface area contributed by atoms with Crippen LogP contribution in [0.25, 0.3) is 0 Å². The molecule has 2 aromatic carbocycles. The first-order chi connectivity index (χ1) is 16.8. The minimum atomic E-state index is -0.189. The molecule has 0 saturated carbocycles. The maximum Gasteiger partial charge on any atom is 0.163 e. The van der Waals surface area contributed by atoms with Crippen LogP contribution in [-0.2, 0) is 17.6 Å². The van der Waals surface area contributed by atoms with Crippen molar-refractivity contribution >= 4 is 11.5 Å². The number of rotatable bonds is 6. The standard InChI is InChI=1S/C33H39NO.H2/c1-23-16-18-34(19-17-23)31-13-9-28(10-14-31)20-24(2)7-11-29-12-15-33(35)32(27(29)5)22-30-21-25(3)6-8-26(30)4;/h6-15,21,23,32H,5,16-20,22H2,1-4H3;1H/b24-7+,29-11-;. The Morgan fingerprint density at radius 3 is 2.51 bits per heavy atom. The predicted octanol–water partition coefficient (Wildman–Crippen LogP) is 7.75. The van der Waals surface area contributed by atoms with Crippen LogP contribution in [0.2, 0.25) is 0 Å². The highest BCUT2D eigenvalue weighted by Crippen LogP contribution is 2.30. The molecule has 1 fully saturated rings. The molecule has 1 saturated heterocycles. The van der Waals surface area contributed by atoms with Gasteiger partial charge in [-0.2, -0.15) is 0 Å².